The summed E-state index contributed by atoms with van der Waals surface area (Å²) in [6.45, 7) is 4.17. The van der Waals surface area contributed by atoms with E-state index in [0.717, 1.165) is 36.5 Å². The van der Waals surface area contributed by atoms with E-state index in [9.17, 15) is 0 Å². The van der Waals surface area contributed by atoms with E-state index in [1.807, 2.05) is 0 Å². The Bertz CT molecular complexity index is 1420. The lowest BCUT2D eigenvalue weighted by atomic mass is 9.89. The van der Waals surface area contributed by atoms with Crippen LogP contribution in [0, 0.1) is 0 Å². The number of fused-ring (bicyclic) bond motifs is 6. The second-order valence-corrected chi connectivity index (χ2v) is 9.11. The molecule has 0 bridgehead atoms. The molecule has 1 nitrogen and oxygen atoms in total. The summed E-state index contributed by atoms with van der Waals surface area (Å²) >= 11 is 0. The molecule has 1 aliphatic rings. The van der Waals surface area contributed by atoms with Crippen molar-refractivity contribution in [1.29, 1.82) is 0 Å². The monoisotopic (exact) mass is 445 g/mol. The number of pyridine rings is 1. The number of nitrogens with zero attached hydrogens (tertiary/aromatic N) is 1. The number of hydrogen-bond acceptors (Lipinski definition) is 1. The van der Waals surface area contributed by atoms with E-state index in [-0.39, 0.29) is 0 Å². The topological polar surface area (TPSA) is 12.9 Å². The number of aryl methyl sites for hydroxylation is 1. The SMILES string of the molecule is C=C1/C=C\C=C/Cc2c(c3ccccc3c3nc(CCP)c(Cc4ccccc4)cc23)/C=C\1. The van der Waals surface area contributed by atoms with Crippen molar-refractivity contribution >= 4 is 37.0 Å². The van der Waals surface area contributed by atoms with E-state index in [4.69, 9.17) is 4.98 Å². The summed E-state index contributed by atoms with van der Waals surface area (Å²) in [4.78, 5) is 5.32. The van der Waals surface area contributed by atoms with Gasteiger partial charge in [-0.05, 0) is 64.7 Å². The Labute approximate surface area is 198 Å². The predicted octanol–water partition coefficient (Wildman–Crippen LogP) is 7.63. The molecule has 0 saturated carbocycles. The average molecular weight is 446 g/mol. The van der Waals surface area contributed by atoms with Gasteiger partial charge >= 0.3 is 0 Å². The Hall–Kier alpha value is -3.28. The largest absolute Gasteiger partial charge is 0.252 e. The molecule has 162 valence electrons. The first-order chi connectivity index (χ1) is 16.2. The summed E-state index contributed by atoms with van der Waals surface area (Å²) in [5.74, 6) is 0. The maximum Gasteiger partial charge on any atom is 0.0787 e. The Morgan fingerprint density at radius 2 is 1.64 bits per heavy atom. The lowest BCUT2D eigenvalue weighted by Crippen LogP contribution is -2.04. The van der Waals surface area contributed by atoms with E-state index in [1.165, 1.54) is 44.1 Å². The van der Waals surface area contributed by atoms with Crippen LogP contribution in [0.4, 0.5) is 0 Å². The van der Waals surface area contributed by atoms with Crippen LogP contribution < -0.4 is 0 Å². The predicted molar refractivity (Wildman–Crippen MR) is 147 cm³/mol. The Morgan fingerprint density at radius 3 is 2.45 bits per heavy atom. The van der Waals surface area contributed by atoms with Gasteiger partial charge in [-0.25, -0.2) is 0 Å². The minimum Gasteiger partial charge on any atom is -0.252 e. The molecule has 0 amide bonds. The molecule has 33 heavy (non-hydrogen) atoms. The Balaban J connectivity index is 1.82. The first kappa shape index (κ1) is 21.6. The Morgan fingerprint density at radius 1 is 0.848 bits per heavy atom. The third kappa shape index (κ3) is 4.47. The number of benzene rings is 3. The van der Waals surface area contributed by atoms with E-state index < -0.39 is 0 Å². The summed E-state index contributed by atoms with van der Waals surface area (Å²) in [7, 11) is 2.86. The van der Waals surface area contributed by atoms with Crippen molar-refractivity contribution in [3.05, 3.63) is 131 Å². The molecule has 4 aromatic rings. The molecular weight excluding hydrogens is 417 g/mol. The zero-order chi connectivity index (χ0) is 22.6. The molecule has 1 unspecified atom stereocenters. The van der Waals surface area contributed by atoms with E-state index >= 15 is 0 Å². The van der Waals surface area contributed by atoms with Crippen molar-refractivity contribution in [3.63, 3.8) is 0 Å². The number of rotatable bonds is 4. The van der Waals surface area contributed by atoms with Crippen LogP contribution in [0.1, 0.15) is 27.9 Å². The van der Waals surface area contributed by atoms with Crippen LogP contribution >= 0.6 is 9.24 Å². The minimum absolute atomic E-state index is 0.868. The molecule has 0 aliphatic heterocycles. The van der Waals surface area contributed by atoms with Crippen LogP contribution in [-0.2, 0) is 19.3 Å². The lowest BCUT2D eigenvalue weighted by molar-refractivity contribution is 1.01. The van der Waals surface area contributed by atoms with Crippen LogP contribution in [0.2, 0.25) is 0 Å². The molecule has 1 aromatic heterocycles. The fourth-order valence-electron chi connectivity index (χ4n) is 4.68. The summed E-state index contributed by atoms with van der Waals surface area (Å²) in [6.07, 6.45) is 16.6. The summed E-state index contributed by atoms with van der Waals surface area (Å²) in [6, 6.07) is 21.8. The summed E-state index contributed by atoms with van der Waals surface area (Å²) in [5, 5.41) is 3.73. The van der Waals surface area contributed by atoms with Gasteiger partial charge in [0.15, 0.2) is 0 Å². The summed E-state index contributed by atoms with van der Waals surface area (Å²) in [5.41, 5.74) is 8.56. The van der Waals surface area contributed by atoms with Crippen molar-refractivity contribution < 1.29 is 0 Å². The third-order valence-electron chi connectivity index (χ3n) is 6.28. The molecule has 2 heteroatoms. The highest BCUT2D eigenvalue weighted by molar-refractivity contribution is 7.16. The fourth-order valence-corrected chi connectivity index (χ4v) is 4.96. The van der Waals surface area contributed by atoms with Gasteiger partial charge in [0, 0.05) is 16.5 Å². The molecule has 0 fully saturated rings. The van der Waals surface area contributed by atoms with E-state index in [1.54, 1.807) is 0 Å². The number of hydrogen-bond donors (Lipinski definition) is 0. The lowest BCUT2D eigenvalue weighted by Gasteiger charge is -2.18. The van der Waals surface area contributed by atoms with Gasteiger partial charge in [0.2, 0.25) is 0 Å². The second-order valence-electron chi connectivity index (χ2n) is 8.53. The van der Waals surface area contributed by atoms with Gasteiger partial charge in [0.05, 0.1) is 5.52 Å². The third-order valence-corrected chi connectivity index (χ3v) is 6.56. The fraction of sp³-hybridized carbons (Fsp3) is 0.129. The first-order valence-corrected chi connectivity index (χ1v) is 12.4. The van der Waals surface area contributed by atoms with Gasteiger partial charge in [-0.15, -0.1) is 9.24 Å². The van der Waals surface area contributed by atoms with Gasteiger partial charge in [-0.3, -0.25) is 4.98 Å². The molecule has 0 saturated heterocycles. The molecule has 1 heterocycles. The molecule has 1 atom stereocenters. The van der Waals surface area contributed by atoms with Crippen molar-refractivity contribution in [2.45, 2.75) is 19.3 Å². The van der Waals surface area contributed by atoms with Gasteiger partial charge in [0.1, 0.15) is 0 Å². The first-order valence-electron chi connectivity index (χ1n) is 11.5. The molecule has 3 aromatic carbocycles. The van der Waals surface area contributed by atoms with Gasteiger partial charge in [-0.1, -0.05) is 97.6 Å². The van der Waals surface area contributed by atoms with Crippen molar-refractivity contribution in [2.75, 3.05) is 6.16 Å². The quantitative estimate of drug-likeness (QED) is 0.232. The van der Waals surface area contributed by atoms with Crippen molar-refractivity contribution in [3.8, 4) is 0 Å². The molecule has 0 radical (unpaired) electrons. The average Bonchev–Trinajstić information content (AvgIpc) is 2.84. The van der Waals surface area contributed by atoms with E-state index in [2.05, 4.69) is 113 Å². The van der Waals surface area contributed by atoms with Crippen molar-refractivity contribution in [1.82, 2.24) is 4.98 Å². The second kappa shape index (κ2) is 9.69. The number of aromatic nitrogens is 1. The zero-order valence-electron chi connectivity index (χ0n) is 18.8. The van der Waals surface area contributed by atoms with Gasteiger partial charge in [-0.2, -0.15) is 0 Å². The smallest absolute Gasteiger partial charge is 0.0787 e. The van der Waals surface area contributed by atoms with Gasteiger partial charge in [0.25, 0.3) is 0 Å². The van der Waals surface area contributed by atoms with Crippen molar-refractivity contribution in [2.24, 2.45) is 0 Å². The van der Waals surface area contributed by atoms with Crippen LogP contribution in [0.3, 0.4) is 0 Å². The zero-order valence-corrected chi connectivity index (χ0v) is 20.0. The summed E-state index contributed by atoms with van der Waals surface area (Å²) < 4.78 is 0. The molecule has 0 N–H and O–H groups in total. The van der Waals surface area contributed by atoms with Crippen LogP contribution in [0.5, 0.6) is 0 Å². The maximum atomic E-state index is 5.32. The molecular formula is C31H28NP. The molecule has 0 spiro atoms. The van der Waals surface area contributed by atoms with Crippen LogP contribution in [0.15, 0.2) is 103 Å². The highest BCUT2D eigenvalue weighted by atomic mass is 31.0. The normalized spacial score (nSPS) is 16.5. The minimum atomic E-state index is 0.868. The van der Waals surface area contributed by atoms with E-state index in [0.29, 0.717) is 0 Å². The highest BCUT2D eigenvalue weighted by Gasteiger charge is 2.16. The maximum absolute atomic E-state index is 5.32. The Kier molecular flexibility index (Phi) is 6.33. The number of allylic oxidation sites excluding steroid dienone is 6. The highest BCUT2D eigenvalue weighted by Crippen LogP contribution is 2.35. The van der Waals surface area contributed by atoms with Crippen LogP contribution in [-0.4, -0.2) is 11.1 Å². The molecule has 5 rings (SSSR count). The standard InChI is InChI=1S/C31H28NP/c1-22-10-4-2-7-13-26-27(17-16-22)25-14-8-9-15-28(25)31-29(26)21-24(30(32-31)18-19-33)20-23-11-5-3-6-12-23/h2-12,14-17,21H,1,13,18-20,33H2/b7-2-,10-4-,17-16-. The molecule has 1 aliphatic carbocycles. The van der Waals surface area contributed by atoms with Crippen LogP contribution in [0.25, 0.3) is 27.8 Å². The van der Waals surface area contributed by atoms with Gasteiger partial charge < -0.3 is 0 Å².